The van der Waals surface area contributed by atoms with Crippen molar-refractivity contribution in [2.45, 2.75) is 6.92 Å². The Labute approximate surface area is 101 Å². The van der Waals surface area contributed by atoms with Crippen molar-refractivity contribution in [1.29, 1.82) is 0 Å². The van der Waals surface area contributed by atoms with Gasteiger partial charge in [-0.3, -0.25) is 14.8 Å². The van der Waals surface area contributed by atoms with Crippen LogP contribution >= 0.6 is 15.9 Å². The zero-order chi connectivity index (χ0) is 12.3. The minimum Gasteiger partial charge on any atom is -0.283 e. The topological polar surface area (TPSA) is 89.3 Å². The highest BCUT2D eigenvalue weighted by atomic mass is 79.9. The Morgan fingerprint density at radius 2 is 2.12 bits per heavy atom. The standard InChI is InChI=1S/C8H9BrN2O4S/c1-2-16(14,15)10-6-3-4-7(9)8(5-6)11(12)13/h3-5,10H,2H2,1H3. The van der Waals surface area contributed by atoms with Crippen LogP contribution in [0, 0.1) is 10.1 Å². The normalized spacial score (nSPS) is 11.1. The van der Waals surface area contributed by atoms with Crippen molar-refractivity contribution in [2.75, 3.05) is 10.5 Å². The zero-order valence-electron chi connectivity index (χ0n) is 8.31. The fourth-order valence-corrected chi connectivity index (χ4v) is 1.99. The van der Waals surface area contributed by atoms with Crippen molar-refractivity contribution in [3.05, 3.63) is 32.8 Å². The molecule has 16 heavy (non-hydrogen) atoms. The molecule has 0 heterocycles. The average Bonchev–Trinajstić information content (AvgIpc) is 2.20. The second kappa shape index (κ2) is 4.79. The van der Waals surface area contributed by atoms with Crippen LogP contribution in [0.4, 0.5) is 11.4 Å². The minimum atomic E-state index is -3.42. The lowest BCUT2D eigenvalue weighted by Gasteiger charge is -2.05. The smallest absolute Gasteiger partial charge is 0.283 e. The molecule has 0 aliphatic rings. The summed E-state index contributed by atoms with van der Waals surface area (Å²) in [6.45, 7) is 1.48. The molecule has 0 aromatic heterocycles. The SMILES string of the molecule is CCS(=O)(=O)Nc1ccc(Br)c([N+](=O)[O-])c1. The highest BCUT2D eigenvalue weighted by Gasteiger charge is 2.14. The molecule has 0 aliphatic heterocycles. The van der Waals surface area contributed by atoms with Crippen molar-refractivity contribution in [3.63, 3.8) is 0 Å². The third-order valence-corrected chi connectivity index (χ3v) is 3.77. The second-order valence-electron chi connectivity index (χ2n) is 2.93. The predicted molar refractivity (Wildman–Crippen MR) is 63.9 cm³/mol. The number of nitro groups is 1. The number of anilines is 1. The molecule has 0 atom stereocenters. The van der Waals surface area contributed by atoms with E-state index in [1.165, 1.54) is 19.1 Å². The van der Waals surface area contributed by atoms with Crippen molar-refractivity contribution in [2.24, 2.45) is 0 Å². The van der Waals surface area contributed by atoms with Crippen LogP contribution < -0.4 is 4.72 Å². The van der Waals surface area contributed by atoms with Gasteiger partial charge in [0.1, 0.15) is 0 Å². The molecule has 1 aromatic carbocycles. The van der Waals surface area contributed by atoms with Crippen LogP contribution in [0.25, 0.3) is 0 Å². The van der Waals surface area contributed by atoms with Gasteiger partial charge < -0.3 is 0 Å². The summed E-state index contributed by atoms with van der Waals surface area (Å²) in [4.78, 5) is 10.0. The van der Waals surface area contributed by atoms with Gasteiger partial charge >= 0.3 is 0 Å². The Balaban J connectivity index is 3.09. The molecule has 1 N–H and O–H groups in total. The monoisotopic (exact) mass is 308 g/mol. The lowest BCUT2D eigenvalue weighted by molar-refractivity contribution is -0.385. The first-order valence-electron chi connectivity index (χ1n) is 4.30. The highest BCUT2D eigenvalue weighted by molar-refractivity contribution is 9.10. The largest absolute Gasteiger partial charge is 0.285 e. The van der Waals surface area contributed by atoms with Gasteiger partial charge in [-0.2, -0.15) is 0 Å². The molecule has 8 heteroatoms. The highest BCUT2D eigenvalue weighted by Crippen LogP contribution is 2.28. The fraction of sp³-hybridized carbons (Fsp3) is 0.250. The molecule has 1 aromatic rings. The van der Waals surface area contributed by atoms with E-state index in [4.69, 9.17) is 0 Å². The van der Waals surface area contributed by atoms with Gasteiger partial charge in [0.15, 0.2) is 0 Å². The van der Waals surface area contributed by atoms with Crippen LogP contribution in [0.2, 0.25) is 0 Å². The quantitative estimate of drug-likeness (QED) is 0.681. The first-order chi connectivity index (χ1) is 7.35. The summed E-state index contributed by atoms with van der Waals surface area (Å²) in [7, 11) is -3.42. The lowest BCUT2D eigenvalue weighted by Crippen LogP contribution is -2.14. The summed E-state index contributed by atoms with van der Waals surface area (Å²) in [6.07, 6.45) is 0. The zero-order valence-corrected chi connectivity index (χ0v) is 10.7. The Morgan fingerprint density at radius 3 is 2.62 bits per heavy atom. The number of rotatable bonds is 4. The molecule has 0 radical (unpaired) electrons. The average molecular weight is 309 g/mol. The second-order valence-corrected chi connectivity index (χ2v) is 5.79. The third kappa shape index (κ3) is 3.17. The fourth-order valence-electron chi connectivity index (χ4n) is 0.968. The molecule has 1 rings (SSSR count). The van der Waals surface area contributed by atoms with Crippen LogP contribution in [0.3, 0.4) is 0 Å². The van der Waals surface area contributed by atoms with Crippen molar-refractivity contribution in [3.8, 4) is 0 Å². The summed E-state index contributed by atoms with van der Waals surface area (Å²) in [5, 5.41) is 10.6. The van der Waals surface area contributed by atoms with E-state index in [1.807, 2.05) is 0 Å². The summed E-state index contributed by atoms with van der Waals surface area (Å²) < 4.78 is 25.0. The number of hydrogen-bond donors (Lipinski definition) is 1. The first-order valence-corrected chi connectivity index (χ1v) is 6.74. The molecule has 0 spiro atoms. The first kappa shape index (κ1) is 12.9. The lowest BCUT2D eigenvalue weighted by atomic mass is 10.3. The van der Waals surface area contributed by atoms with Crippen molar-refractivity contribution >= 4 is 37.3 Å². The van der Waals surface area contributed by atoms with E-state index in [9.17, 15) is 18.5 Å². The number of hydrogen-bond acceptors (Lipinski definition) is 4. The maximum Gasteiger partial charge on any atom is 0.285 e. The summed E-state index contributed by atoms with van der Waals surface area (Å²) >= 11 is 3.01. The van der Waals surface area contributed by atoms with Gasteiger partial charge in [-0.25, -0.2) is 8.42 Å². The molecule has 0 saturated heterocycles. The molecule has 0 bridgehead atoms. The molecule has 0 unspecified atom stereocenters. The predicted octanol–water partition coefficient (Wildman–Crippen LogP) is 2.12. The molecular weight excluding hydrogens is 300 g/mol. The molecule has 0 aliphatic carbocycles. The summed E-state index contributed by atoms with van der Waals surface area (Å²) in [5.74, 6) is -0.0864. The maximum atomic E-state index is 11.2. The van der Waals surface area contributed by atoms with E-state index < -0.39 is 14.9 Å². The van der Waals surface area contributed by atoms with Crippen LogP contribution in [0.15, 0.2) is 22.7 Å². The van der Waals surface area contributed by atoms with Gasteiger partial charge in [0.2, 0.25) is 10.0 Å². The van der Waals surface area contributed by atoms with Crippen LogP contribution in [-0.2, 0) is 10.0 Å². The Bertz CT molecular complexity index is 515. The third-order valence-electron chi connectivity index (χ3n) is 1.80. The number of nitrogens with one attached hydrogen (secondary N) is 1. The number of nitrogens with zero attached hydrogens (tertiary/aromatic N) is 1. The number of sulfonamides is 1. The van der Waals surface area contributed by atoms with Gasteiger partial charge in [0.05, 0.1) is 20.8 Å². The minimum absolute atomic E-state index is 0.0864. The number of nitro benzene ring substituents is 1. The molecule has 0 amide bonds. The van der Waals surface area contributed by atoms with Gasteiger partial charge in [-0.15, -0.1) is 0 Å². The molecule has 88 valence electrons. The van der Waals surface area contributed by atoms with E-state index in [2.05, 4.69) is 20.7 Å². The molecular formula is C8H9BrN2O4S. The van der Waals surface area contributed by atoms with Gasteiger partial charge in [0.25, 0.3) is 5.69 Å². The van der Waals surface area contributed by atoms with Gasteiger partial charge in [-0.05, 0) is 35.0 Å². The Hall–Kier alpha value is -1.15. The van der Waals surface area contributed by atoms with Gasteiger partial charge in [-0.1, -0.05) is 0 Å². The van der Waals surface area contributed by atoms with Crippen LogP contribution in [0.5, 0.6) is 0 Å². The van der Waals surface area contributed by atoms with E-state index in [0.717, 1.165) is 6.07 Å². The molecule has 0 saturated carbocycles. The van der Waals surface area contributed by atoms with Crippen molar-refractivity contribution in [1.82, 2.24) is 0 Å². The Morgan fingerprint density at radius 1 is 1.50 bits per heavy atom. The Kier molecular flexibility index (Phi) is 3.87. The van der Waals surface area contributed by atoms with Crippen molar-refractivity contribution < 1.29 is 13.3 Å². The van der Waals surface area contributed by atoms with Crippen LogP contribution in [0.1, 0.15) is 6.92 Å². The van der Waals surface area contributed by atoms with E-state index in [0.29, 0.717) is 4.47 Å². The van der Waals surface area contributed by atoms with Crippen LogP contribution in [-0.4, -0.2) is 19.1 Å². The molecule has 0 fully saturated rings. The number of halogens is 1. The molecule has 6 nitrogen and oxygen atoms in total. The van der Waals surface area contributed by atoms with E-state index >= 15 is 0 Å². The summed E-state index contributed by atoms with van der Waals surface area (Å²) in [5.41, 5.74) is -0.00643. The van der Waals surface area contributed by atoms with E-state index in [-0.39, 0.29) is 17.1 Å². The van der Waals surface area contributed by atoms with E-state index in [1.54, 1.807) is 0 Å². The van der Waals surface area contributed by atoms with Gasteiger partial charge in [0, 0.05) is 6.07 Å². The summed E-state index contributed by atoms with van der Waals surface area (Å²) in [6, 6.07) is 4.03. The maximum absolute atomic E-state index is 11.2. The number of benzene rings is 1.